The van der Waals surface area contributed by atoms with Crippen LogP contribution in [-0.4, -0.2) is 38.5 Å². The number of nitrogen functional groups attached to an aromatic ring is 1. The number of ketones is 1. The van der Waals surface area contributed by atoms with Gasteiger partial charge in [-0.1, -0.05) is 19.1 Å². The molecule has 0 aliphatic carbocycles. The van der Waals surface area contributed by atoms with Crippen LogP contribution in [0.3, 0.4) is 0 Å². The molecule has 0 bridgehead atoms. The number of Topliss-reactive ketones (excluding diaryl/α,β-unsaturated/α-hetero) is 1. The fourth-order valence-electron chi connectivity index (χ4n) is 3.97. The molecule has 1 amide bonds. The summed E-state index contributed by atoms with van der Waals surface area (Å²) in [5.41, 5.74) is 7.41. The molecule has 3 atom stereocenters. The largest absolute Gasteiger partial charge is 0.399 e. The van der Waals surface area contributed by atoms with E-state index in [0.717, 1.165) is 5.56 Å². The molecule has 0 radical (unpaired) electrons. The lowest BCUT2D eigenvalue weighted by Crippen LogP contribution is -2.55. The number of fused-ring (bicyclic) bond motifs is 1. The van der Waals surface area contributed by atoms with E-state index in [-0.39, 0.29) is 36.4 Å². The van der Waals surface area contributed by atoms with Crippen LogP contribution in [0.4, 0.5) is 15.8 Å². The molecule has 31 heavy (non-hydrogen) atoms. The number of nitrogens with two attached hydrogens (primary N) is 1. The zero-order valence-electron chi connectivity index (χ0n) is 17.0. The molecule has 0 saturated carbocycles. The predicted octanol–water partition coefficient (Wildman–Crippen LogP) is 2.62. The third kappa shape index (κ3) is 3.93. The number of carbonyl (C=O) groups is 2. The fourth-order valence-corrected chi connectivity index (χ4v) is 5.32. The first kappa shape index (κ1) is 21.0. The number of amidine groups is 1. The molecule has 2 heterocycles. The quantitative estimate of drug-likeness (QED) is 0.430. The van der Waals surface area contributed by atoms with Gasteiger partial charge in [0.1, 0.15) is 11.7 Å². The molecule has 7 nitrogen and oxygen atoms in total. The van der Waals surface area contributed by atoms with Crippen LogP contribution < -0.4 is 11.1 Å². The minimum absolute atomic E-state index is 0.0333. The van der Waals surface area contributed by atoms with Crippen molar-refractivity contribution in [2.45, 2.75) is 37.2 Å². The van der Waals surface area contributed by atoms with E-state index in [1.54, 1.807) is 29.2 Å². The highest BCUT2D eigenvalue weighted by molar-refractivity contribution is 7.99. The molecule has 2 aromatic rings. The van der Waals surface area contributed by atoms with E-state index in [2.05, 4.69) is 15.6 Å². The normalized spacial score (nSPS) is 25.6. The van der Waals surface area contributed by atoms with Crippen LogP contribution in [-0.2, 0) is 25.8 Å². The lowest BCUT2D eigenvalue weighted by molar-refractivity contribution is -0.146. The van der Waals surface area contributed by atoms with Crippen LogP contribution >= 0.6 is 0 Å². The van der Waals surface area contributed by atoms with Gasteiger partial charge in [-0.05, 0) is 48.2 Å². The van der Waals surface area contributed by atoms with Gasteiger partial charge in [0.15, 0.2) is 11.7 Å². The number of amides is 1. The van der Waals surface area contributed by atoms with Crippen LogP contribution in [0.2, 0.25) is 0 Å². The average molecular weight is 443 g/mol. The first-order valence-electron chi connectivity index (χ1n) is 9.91. The highest BCUT2D eigenvalue weighted by Crippen LogP contribution is 2.33. The number of nitrogens with zero attached hydrogens (tertiary/aromatic N) is 2. The summed E-state index contributed by atoms with van der Waals surface area (Å²) in [5.74, 6) is 1.47. The first-order valence-corrected chi connectivity index (χ1v) is 11.6. The van der Waals surface area contributed by atoms with Crippen molar-refractivity contribution in [3.8, 4) is 0 Å². The van der Waals surface area contributed by atoms with E-state index < -0.39 is 21.5 Å². The van der Waals surface area contributed by atoms with Gasteiger partial charge in [0.2, 0.25) is 5.91 Å². The Balaban J connectivity index is 1.69. The van der Waals surface area contributed by atoms with Crippen molar-refractivity contribution in [2.24, 2.45) is 10.3 Å². The lowest BCUT2D eigenvalue weighted by Gasteiger charge is -2.39. The van der Waals surface area contributed by atoms with E-state index >= 15 is 0 Å². The number of likely N-dealkylation sites (tertiary alicyclic amines) is 1. The topological polar surface area (TPSA) is 105 Å². The van der Waals surface area contributed by atoms with E-state index in [4.69, 9.17) is 5.73 Å². The number of halogens is 1. The summed E-state index contributed by atoms with van der Waals surface area (Å²) in [4.78, 5) is 28.3. The van der Waals surface area contributed by atoms with Gasteiger partial charge < -0.3 is 16.0 Å². The van der Waals surface area contributed by atoms with Crippen molar-refractivity contribution in [3.05, 3.63) is 53.8 Å². The second kappa shape index (κ2) is 7.81. The number of hydrogen-bond acceptors (Lipinski definition) is 5. The van der Waals surface area contributed by atoms with Gasteiger partial charge >= 0.3 is 0 Å². The maximum Gasteiger partial charge on any atom is 0.241 e. The third-order valence-corrected chi connectivity index (χ3v) is 7.11. The maximum absolute atomic E-state index is 13.4. The van der Waals surface area contributed by atoms with Gasteiger partial charge in [0.25, 0.3) is 0 Å². The van der Waals surface area contributed by atoms with Crippen molar-refractivity contribution in [1.29, 1.82) is 0 Å². The van der Waals surface area contributed by atoms with Gasteiger partial charge in [0.05, 0.1) is 20.3 Å². The second-order valence-corrected chi connectivity index (χ2v) is 9.66. The molecule has 0 aromatic heterocycles. The van der Waals surface area contributed by atoms with Crippen molar-refractivity contribution in [3.63, 3.8) is 0 Å². The fraction of sp³-hybridized carbons (Fsp3) is 0.273. The lowest BCUT2D eigenvalue weighted by atomic mass is 9.87. The van der Waals surface area contributed by atoms with Gasteiger partial charge in [-0.3, -0.25) is 9.59 Å². The summed E-state index contributed by atoms with van der Waals surface area (Å²) in [5, 5.41) is 2.99. The monoisotopic (exact) mass is 442 g/mol. The molecule has 2 unspecified atom stereocenters. The van der Waals surface area contributed by atoms with Crippen molar-refractivity contribution >= 4 is 44.5 Å². The van der Waals surface area contributed by atoms with Gasteiger partial charge in [-0.15, -0.1) is 0 Å². The number of carbonyl (C=O) groups excluding carboxylic acids is 2. The highest BCUT2D eigenvalue weighted by Gasteiger charge is 2.44. The number of nitrogens with one attached hydrogen (secondary N) is 1. The van der Waals surface area contributed by atoms with Crippen LogP contribution in [0.25, 0.3) is 0 Å². The molecule has 162 valence electrons. The molecular formula is C22H23FN4O3S. The van der Waals surface area contributed by atoms with E-state index in [1.807, 2.05) is 6.92 Å². The van der Waals surface area contributed by atoms with E-state index in [1.165, 1.54) is 18.2 Å². The molecule has 2 aliphatic heterocycles. The highest BCUT2D eigenvalue weighted by atomic mass is 32.2. The number of rotatable bonds is 4. The summed E-state index contributed by atoms with van der Waals surface area (Å²) in [6.07, 6.45) is 0.751. The standard InChI is InChI=1S/C22H23FN4O3S/c1-3-16-11-18(28)20(22(29)27(16)12-13-4-6-14(23)7-5-13)21-25-17-9-8-15(24)10-19(17)31(2,30)26-21/h4-10,16,20H,2-3,11-12,24H2,1H3,(H,25,26,30)/t16-,20?,31?/m0/s1. The molecule has 0 spiro atoms. The molecular weight excluding hydrogens is 419 g/mol. The SMILES string of the molecule is C=S1(=O)N=C(C2C(=O)C[C@H](CC)N(Cc3ccc(F)cc3)C2=O)Nc2ccc(N)cc21. The zero-order chi connectivity index (χ0) is 22.3. The molecule has 1 saturated heterocycles. The predicted molar refractivity (Wildman–Crippen MR) is 120 cm³/mol. The summed E-state index contributed by atoms with van der Waals surface area (Å²) >= 11 is 0. The number of benzene rings is 2. The Bertz CT molecular complexity index is 1190. The average Bonchev–Trinajstić information content (AvgIpc) is 2.71. The number of hydrogen-bond donors (Lipinski definition) is 2. The summed E-state index contributed by atoms with van der Waals surface area (Å²) in [6, 6.07) is 10.4. The Hall–Kier alpha value is -3.20. The van der Waals surface area contributed by atoms with Crippen molar-refractivity contribution in [1.82, 2.24) is 4.90 Å². The van der Waals surface area contributed by atoms with Gasteiger partial charge in [-0.2, -0.15) is 4.40 Å². The molecule has 2 aromatic carbocycles. The maximum atomic E-state index is 13.4. The molecule has 1 fully saturated rings. The Morgan fingerprint density at radius 3 is 2.65 bits per heavy atom. The zero-order valence-corrected chi connectivity index (χ0v) is 17.8. The van der Waals surface area contributed by atoms with Gasteiger partial charge in [-0.25, -0.2) is 8.60 Å². The van der Waals surface area contributed by atoms with Crippen LogP contribution in [0.1, 0.15) is 25.3 Å². The Morgan fingerprint density at radius 2 is 1.97 bits per heavy atom. The Morgan fingerprint density at radius 1 is 1.26 bits per heavy atom. The molecule has 3 N–H and O–H groups in total. The minimum Gasteiger partial charge on any atom is -0.399 e. The van der Waals surface area contributed by atoms with Crippen molar-refractivity contribution < 1.29 is 18.2 Å². The van der Waals surface area contributed by atoms with Crippen LogP contribution in [0.5, 0.6) is 0 Å². The van der Waals surface area contributed by atoms with Gasteiger partial charge in [0, 0.05) is 24.7 Å². The number of piperidine rings is 1. The summed E-state index contributed by atoms with van der Waals surface area (Å²) in [6.45, 7) is 2.14. The van der Waals surface area contributed by atoms with E-state index in [9.17, 15) is 18.2 Å². The molecule has 4 rings (SSSR count). The van der Waals surface area contributed by atoms with Crippen LogP contribution in [0.15, 0.2) is 51.8 Å². The summed E-state index contributed by atoms with van der Waals surface area (Å²) < 4.78 is 30.5. The van der Waals surface area contributed by atoms with E-state index in [0.29, 0.717) is 22.7 Å². The molecule has 2 aliphatic rings. The number of anilines is 2. The Labute approximate surface area is 180 Å². The first-order chi connectivity index (χ1) is 14.7. The van der Waals surface area contributed by atoms with Crippen LogP contribution in [0, 0.1) is 11.7 Å². The smallest absolute Gasteiger partial charge is 0.241 e. The third-order valence-electron chi connectivity index (χ3n) is 5.60. The summed E-state index contributed by atoms with van der Waals surface area (Å²) in [7, 11) is -3.13. The Kier molecular flexibility index (Phi) is 5.30. The second-order valence-electron chi connectivity index (χ2n) is 7.76. The molecule has 9 heteroatoms. The van der Waals surface area contributed by atoms with Crippen molar-refractivity contribution in [2.75, 3.05) is 11.1 Å². The minimum atomic E-state index is -3.13.